The summed E-state index contributed by atoms with van der Waals surface area (Å²) in [5.74, 6) is 0. The Labute approximate surface area is 108 Å². The molecule has 0 bridgehead atoms. The van der Waals surface area contributed by atoms with Crippen molar-refractivity contribution in [3.63, 3.8) is 0 Å². The second-order valence-corrected chi connectivity index (χ2v) is 5.63. The minimum atomic E-state index is 0.237. The lowest BCUT2D eigenvalue weighted by atomic mass is 9.67. The molecular formula is C17H17N. The smallest absolute Gasteiger partial charge is 0.0712 e. The second-order valence-electron chi connectivity index (χ2n) is 5.63. The summed E-state index contributed by atoms with van der Waals surface area (Å²) < 4.78 is 0. The largest absolute Gasteiger partial charge is 0.251 e. The van der Waals surface area contributed by atoms with E-state index in [1.807, 2.05) is 0 Å². The molecule has 2 aliphatic carbocycles. The van der Waals surface area contributed by atoms with E-state index < -0.39 is 0 Å². The van der Waals surface area contributed by atoms with Gasteiger partial charge in [0.1, 0.15) is 0 Å². The molecule has 1 aliphatic heterocycles. The van der Waals surface area contributed by atoms with Crippen molar-refractivity contribution in [1.29, 1.82) is 0 Å². The molecule has 4 rings (SSSR count). The number of para-hydroxylation sites is 1. The highest BCUT2D eigenvalue weighted by Gasteiger charge is 2.40. The van der Waals surface area contributed by atoms with Crippen LogP contribution in [0.2, 0.25) is 0 Å². The van der Waals surface area contributed by atoms with E-state index in [1.165, 1.54) is 49.0 Å². The van der Waals surface area contributed by atoms with Crippen LogP contribution in [-0.4, -0.2) is 5.71 Å². The number of benzene rings is 1. The van der Waals surface area contributed by atoms with Gasteiger partial charge >= 0.3 is 0 Å². The zero-order chi connectivity index (χ0) is 12.0. The molecule has 18 heavy (non-hydrogen) atoms. The van der Waals surface area contributed by atoms with Crippen molar-refractivity contribution in [2.24, 2.45) is 10.4 Å². The molecule has 90 valence electrons. The molecule has 1 fully saturated rings. The van der Waals surface area contributed by atoms with E-state index in [0.717, 1.165) is 5.69 Å². The molecular weight excluding hydrogens is 218 g/mol. The number of fused-ring (bicyclic) bond motifs is 4. The van der Waals surface area contributed by atoms with E-state index in [2.05, 4.69) is 42.5 Å². The summed E-state index contributed by atoms with van der Waals surface area (Å²) >= 11 is 0. The van der Waals surface area contributed by atoms with Gasteiger partial charge in [-0.25, -0.2) is 0 Å². The summed E-state index contributed by atoms with van der Waals surface area (Å²) in [6.07, 6.45) is 13.5. The van der Waals surface area contributed by atoms with Gasteiger partial charge in [-0.3, -0.25) is 4.99 Å². The number of nitrogens with zero attached hydrogens (tertiary/aromatic N) is 1. The van der Waals surface area contributed by atoms with E-state index >= 15 is 0 Å². The molecule has 0 radical (unpaired) electrons. The van der Waals surface area contributed by atoms with Crippen molar-refractivity contribution in [1.82, 2.24) is 0 Å². The average Bonchev–Trinajstić information content (AvgIpc) is 2.81. The molecule has 1 saturated carbocycles. The molecule has 3 aliphatic rings. The van der Waals surface area contributed by atoms with Crippen LogP contribution in [0.1, 0.15) is 37.7 Å². The molecule has 1 aromatic rings. The number of hydrogen-bond acceptors (Lipinski definition) is 1. The van der Waals surface area contributed by atoms with E-state index in [1.54, 1.807) is 0 Å². The average molecular weight is 235 g/mol. The van der Waals surface area contributed by atoms with Crippen LogP contribution in [0.15, 0.2) is 47.5 Å². The zero-order valence-corrected chi connectivity index (χ0v) is 10.5. The number of hydrogen-bond donors (Lipinski definition) is 0. The van der Waals surface area contributed by atoms with Gasteiger partial charge in [0, 0.05) is 16.6 Å². The number of allylic oxidation sites excluding steroid dienone is 4. The van der Waals surface area contributed by atoms with E-state index in [0.29, 0.717) is 0 Å². The molecule has 1 heterocycles. The molecule has 1 heteroatoms. The summed E-state index contributed by atoms with van der Waals surface area (Å²) in [4.78, 5) is 4.95. The lowest BCUT2D eigenvalue weighted by Gasteiger charge is -2.37. The third-order valence-electron chi connectivity index (χ3n) is 4.58. The predicted octanol–water partition coefficient (Wildman–Crippen LogP) is 4.68. The first-order valence-electron chi connectivity index (χ1n) is 6.98. The Kier molecular flexibility index (Phi) is 2.11. The first kappa shape index (κ1) is 10.3. The van der Waals surface area contributed by atoms with Crippen LogP contribution in [0, 0.1) is 5.41 Å². The molecule has 0 saturated heterocycles. The molecule has 0 N–H and O–H groups in total. The maximum Gasteiger partial charge on any atom is 0.0712 e. The van der Waals surface area contributed by atoms with Gasteiger partial charge in [-0.15, -0.1) is 0 Å². The molecule has 1 spiro atoms. The fourth-order valence-corrected chi connectivity index (χ4v) is 3.65. The minimum Gasteiger partial charge on any atom is -0.251 e. The molecule has 0 atom stereocenters. The Balaban J connectivity index is 1.86. The second kappa shape index (κ2) is 3.68. The van der Waals surface area contributed by atoms with Gasteiger partial charge in [-0.1, -0.05) is 55.7 Å². The van der Waals surface area contributed by atoms with Crippen LogP contribution in [0.4, 0.5) is 5.69 Å². The Morgan fingerprint density at radius 3 is 2.72 bits per heavy atom. The van der Waals surface area contributed by atoms with Crippen LogP contribution < -0.4 is 0 Å². The third-order valence-corrected chi connectivity index (χ3v) is 4.58. The molecule has 0 unspecified atom stereocenters. The van der Waals surface area contributed by atoms with E-state index in [4.69, 9.17) is 4.99 Å². The summed E-state index contributed by atoms with van der Waals surface area (Å²) in [7, 11) is 0. The summed E-state index contributed by atoms with van der Waals surface area (Å²) in [6, 6.07) is 8.54. The maximum atomic E-state index is 4.95. The van der Waals surface area contributed by atoms with Gasteiger partial charge in [-0.05, 0) is 18.9 Å². The van der Waals surface area contributed by atoms with Crippen molar-refractivity contribution < 1.29 is 0 Å². The molecule has 0 aromatic heterocycles. The van der Waals surface area contributed by atoms with Gasteiger partial charge in [0.05, 0.1) is 11.4 Å². The van der Waals surface area contributed by atoms with Crippen LogP contribution in [0.3, 0.4) is 0 Å². The van der Waals surface area contributed by atoms with Gasteiger partial charge < -0.3 is 0 Å². The summed E-state index contributed by atoms with van der Waals surface area (Å²) in [6.45, 7) is 0. The van der Waals surface area contributed by atoms with Crippen molar-refractivity contribution in [3.05, 3.63) is 48.1 Å². The highest BCUT2D eigenvalue weighted by atomic mass is 14.8. The van der Waals surface area contributed by atoms with Crippen molar-refractivity contribution in [2.75, 3.05) is 0 Å². The number of rotatable bonds is 0. The molecule has 1 aromatic carbocycles. The van der Waals surface area contributed by atoms with Gasteiger partial charge in [-0.2, -0.15) is 0 Å². The minimum absolute atomic E-state index is 0.237. The lowest BCUT2D eigenvalue weighted by molar-refractivity contribution is 0.353. The molecule has 0 amide bonds. The van der Waals surface area contributed by atoms with E-state index in [9.17, 15) is 0 Å². The Hall–Kier alpha value is -1.63. The van der Waals surface area contributed by atoms with Crippen LogP contribution in [0.25, 0.3) is 5.57 Å². The van der Waals surface area contributed by atoms with Crippen molar-refractivity contribution in [3.8, 4) is 0 Å². The van der Waals surface area contributed by atoms with Crippen molar-refractivity contribution in [2.45, 2.75) is 32.1 Å². The highest BCUT2D eigenvalue weighted by molar-refractivity contribution is 6.32. The van der Waals surface area contributed by atoms with Gasteiger partial charge in [0.25, 0.3) is 0 Å². The van der Waals surface area contributed by atoms with E-state index in [-0.39, 0.29) is 5.41 Å². The lowest BCUT2D eigenvalue weighted by Crippen LogP contribution is -2.32. The normalized spacial score (nSPS) is 23.3. The first-order valence-corrected chi connectivity index (χ1v) is 6.98. The topological polar surface area (TPSA) is 12.4 Å². The fraction of sp³-hybridized carbons (Fsp3) is 0.353. The number of aliphatic imine (C=N–C) groups is 1. The third kappa shape index (κ3) is 1.30. The van der Waals surface area contributed by atoms with Gasteiger partial charge in [0.2, 0.25) is 0 Å². The Bertz CT molecular complexity index is 583. The monoisotopic (exact) mass is 235 g/mol. The maximum absolute atomic E-state index is 4.95. The molecule has 1 nitrogen and oxygen atoms in total. The SMILES string of the molecule is C1=CC2(CCCCC2)C2=Nc3ccccc3C2=C1. The van der Waals surface area contributed by atoms with Crippen LogP contribution in [0.5, 0.6) is 0 Å². The first-order chi connectivity index (χ1) is 8.89. The Morgan fingerprint density at radius 1 is 1.00 bits per heavy atom. The van der Waals surface area contributed by atoms with Crippen LogP contribution >= 0.6 is 0 Å². The van der Waals surface area contributed by atoms with Crippen molar-refractivity contribution >= 4 is 17.0 Å². The Morgan fingerprint density at radius 2 is 1.83 bits per heavy atom. The quantitative estimate of drug-likeness (QED) is 0.619. The predicted molar refractivity (Wildman–Crippen MR) is 76.2 cm³/mol. The highest BCUT2D eigenvalue weighted by Crippen LogP contribution is 2.49. The summed E-state index contributed by atoms with van der Waals surface area (Å²) in [5, 5.41) is 0. The standard InChI is InChI=1S/C17H17N/c1-4-10-17(11-5-1)12-6-8-14-13-7-2-3-9-15(13)18-16(14)17/h2-3,6-9,12H,1,4-5,10-11H2. The van der Waals surface area contributed by atoms with Crippen LogP contribution in [-0.2, 0) is 0 Å². The summed E-state index contributed by atoms with van der Waals surface area (Å²) in [5.41, 5.74) is 5.43. The zero-order valence-electron chi connectivity index (χ0n) is 10.5. The fourth-order valence-electron chi connectivity index (χ4n) is 3.65. The van der Waals surface area contributed by atoms with Gasteiger partial charge in [0.15, 0.2) is 0 Å².